The van der Waals surface area contributed by atoms with Gasteiger partial charge < -0.3 is 9.47 Å². The maximum atomic E-state index is 12.2. The molecule has 0 unspecified atom stereocenters. The molecule has 0 aliphatic carbocycles. The molecular formula is C18H24N4O3. The van der Waals surface area contributed by atoms with Gasteiger partial charge in [-0.3, -0.25) is 9.89 Å². The van der Waals surface area contributed by atoms with E-state index >= 15 is 0 Å². The molecule has 0 saturated carbocycles. The van der Waals surface area contributed by atoms with E-state index in [9.17, 15) is 4.79 Å². The van der Waals surface area contributed by atoms with Crippen molar-refractivity contribution in [1.29, 1.82) is 0 Å². The molecule has 2 aromatic rings. The van der Waals surface area contributed by atoms with Crippen LogP contribution in [0.2, 0.25) is 0 Å². The number of benzene rings is 1. The maximum absolute atomic E-state index is 12.2. The molecule has 0 radical (unpaired) electrons. The van der Waals surface area contributed by atoms with Crippen molar-refractivity contribution < 1.29 is 14.3 Å². The molecule has 0 spiro atoms. The van der Waals surface area contributed by atoms with Gasteiger partial charge in [-0.05, 0) is 31.2 Å². The number of hydrazone groups is 1. The number of aromatic nitrogens is 2. The molecule has 134 valence electrons. The first kappa shape index (κ1) is 18.5. The largest absolute Gasteiger partial charge is 0.493 e. The number of amides is 1. The minimum atomic E-state index is -0.369. The summed E-state index contributed by atoms with van der Waals surface area (Å²) in [7, 11) is 3.15. The summed E-state index contributed by atoms with van der Waals surface area (Å²) >= 11 is 0. The van der Waals surface area contributed by atoms with Crippen LogP contribution in [0.15, 0.2) is 29.4 Å². The molecule has 0 bridgehead atoms. The zero-order valence-corrected chi connectivity index (χ0v) is 15.4. The third-order valence-corrected chi connectivity index (χ3v) is 3.74. The highest BCUT2D eigenvalue weighted by molar-refractivity contribution is 6.00. The minimum absolute atomic E-state index is 0.107. The summed E-state index contributed by atoms with van der Waals surface area (Å²) < 4.78 is 10.5. The molecule has 0 atom stereocenters. The standard InChI is InChI=1S/C18H24N4O3/c1-11(12-7-8-14(24-5)15(9-12)25-6)19-22-17(23)13-10-16(21-20-13)18(2,3)4/h7-10H,1-6H3,(H,20,21)(H,22,23)/b19-11-. The number of carbonyl (C=O) groups excluding carboxylic acids is 1. The van der Waals surface area contributed by atoms with Gasteiger partial charge in [-0.15, -0.1) is 0 Å². The van der Waals surface area contributed by atoms with Crippen LogP contribution in [-0.2, 0) is 5.41 Å². The summed E-state index contributed by atoms with van der Waals surface area (Å²) in [5, 5.41) is 11.1. The van der Waals surface area contributed by atoms with Crippen LogP contribution in [0.5, 0.6) is 11.5 Å². The Balaban J connectivity index is 2.13. The van der Waals surface area contributed by atoms with E-state index in [1.807, 2.05) is 26.8 Å². The zero-order chi connectivity index (χ0) is 18.6. The molecule has 1 amide bonds. The molecule has 0 aliphatic heterocycles. The van der Waals surface area contributed by atoms with E-state index in [0.717, 1.165) is 11.3 Å². The lowest BCUT2D eigenvalue weighted by molar-refractivity contribution is 0.0950. The molecule has 7 nitrogen and oxygen atoms in total. The molecule has 0 aliphatic rings. The third-order valence-electron chi connectivity index (χ3n) is 3.74. The highest BCUT2D eigenvalue weighted by atomic mass is 16.5. The highest BCUT2D eigenvalue weighted by Gasteiger charge is 2.19. The van der Waals surface area contributed by atoms with Crippen molar-refractivity contribution >= 4 is 11.6 Å². The molecule has 1 heterocycles. The summed E-state index contributed by atoms with van der Waals surface area (Å²) in [6.07, 6.45) is 0. The number of methoxy groups -OCH3 is 2. The average molecular weight is 344 g/mol. The van der Waals surface area contributed by atoms with E-state index in [1.165, 1.54) is 0 Å². The number of nitrogens with one attached hydrogen (secondary N) is 2. The predicted molar refractivity (Wildman–Crippen MR) is 96.5 cm³/mol. The minimum Gasteiger partial charge on any atom is -0.493 e. The second kappa shape index (κ2) is 7.38. The van der Waals surface area contributed by atoms with E-state index in [1.54, 1.807) is 39.3 Å². The lowest BCUT2D eigenvalue weighted by atomic mass is 9.92. The van der Waals surface area contributed by atoms with Crippen LogP contribution in [0, 0.1) is 0 Å². The van der Waals surface area contributed by atoms with Gasteiger partial charge in [-0.2, -0.15) is 10.2 Å². The molecule has 2 N–H and O–H groups in total. The van der Waals surface area contributed by atoms with Crippen LogP contribution in [-0.4, -0.2) is 36.0 Å². The number of aromatic amines is 1. The Hall–Kier alpha value is -2.83. The van der Waals surface area contributed by atoms with Crippen molar-refractivity contribution in [2.24, 2.45) is 5.10 Å². The van der Waals surface area contributed by atoms with Crippen molar-refractivity contribution in [3.63, 3.8) is 0 Å². The Bertz CT molecular complexity index is 788. The molecular weight excluding hydrogens is 320 g/mol. The second-order valence-electron chi connectivity index (χ2n) is 6.62. The van der Waals surface area contributed by atoms with Crippen LogP contribution in [0.4, 0.5) is 0 Å². The van der Waals surface area contributed by atoms with Crippen LogP contribution in [0.1, 0.15) is 49.4 Å². The second-order valence-corrected chi connectivity index (χ2v) is 6.62. The van der Waals surface area contributed by atoms with Crippen LogP contribution in [0.25, 0.3) is 0 Å². The van der Waals surface area contributed by atoms with E-state index in [-0.39, 0.29) is 11.3 Å². The van der Waals surface area contributed by atoms with Gasteiger partial charge in [0.1, 0.15) is 0 Å². The lowest BCUT2D eigenvalue weighted by Crippen LogP contribution is -2.19. The van der Waals surface area contributed by atoms with E-state index < -0.39 is 0 Å². The summed E-state index contributed by atoms with van der Waals surface area (Å²) in [4.78, 5) is 12.2. The number of hydrogen-bond donors (Lipinski definition) is 2. The fourth-order valence-corrected chi connectivity index (χ4v) is 2.14. The maximum Gasteiger partial charge on any atom is 0.291 e. The van der Waals surface area contributed by atoms with Gasteiger partial charge in [-0.25, -0.2) is 5.43 Å². The molecule has 0 fully saturated rings. The first-order chi connectivity index (χ1) is 11.8. The van der Waals surface area contributed by atoms with Gasteiger partial charge >= 0.3 is 0 Å². The number of ether oxygens (including phenoxy) is 2. The SMILES string of the molecule is COc1ccc(/C(C)=N\NC(=O)c2cc(C(C)(C)C)[nH]n2)cc1OC. The first-order valence-electron chi connectivity index (χ1n) is 7.89. The van der Waals surface area contributed by atoms with Crippen LogP contribution < -0.4 is 14.9 Å². The smallest absolute Gasteiger partial charge is 0.291 e. The topological polar surface area (TPSA) is 88.6 Å². The van der Waals surface area contributed by atoms with Gasteiger partial charge in [0, 0.05) is 16.7 Å². The normalized spacial score (nSPS) is 12.0. The Labute approximate surface area is 147 Å². The number of carbonyl (C=O) groups is 1. The van der Waals surface area contributed by atoms with Gasteiger partial charge in [0.05, 0.1) is 19.9 Å². The van der Waals surface area contributed by atoms with Gasteiger partial charge in [0.25, 0.3) is 5.91 Å². The summed E-state index contributed by atoms with van der Waals surface area (Å²) in [6.45, 7) is 7.93. The van der Waals surface area contributed by atoms with Crippen LogP contribution >= 0.6 is 0 Å². The monoisotopic (exact) mass is 344 g/mol. The Morgan fingerprint density at radius 3 is 2.40 bits per heavy atom. The number of rotatable bonds is 5. The number of hydrogen-bond acceptors (Lipinski definition) is 5. The Kier molecular flexibility index (Phi) is 5.46. The molecule has 0 saturated heterocycles. The molecule has 25 heavy (non-hydrogen) atoms. The van der Waals surface area contributed by atoms with Gasteiger partial charge in [-0.1, -0.05) is 20.8 Å². The highest BCUT2D eigenvalue weighted by Crippen LogP contribution is 2.27. The van der Waals surface area contributed by atoms with Crippen molar-refractivity contribution in [2.45, 2.75) is 33.1 Å². The van der Waals surface area contributed by atoms with E-state index in [2.05, 4.69) is 20.7 Å². The summed E-state index contributed by atoms with van der Waals surface area (Å²) in [6, 6.07) is 7.17. The van der Waals surface area contributed by atoms with Crippen molar-refractivity contribution in [3.05, 3.63) is 41.2 Å². The predicted octanol–water partition coefficient (Wildman–Crippen LogP) is 2.88. The van der Waals surface area contributed by atoms with Crippen molar-refractivity contribution in [1.82, 2.24) is 15.6 Å². The summed E-state index contributed by atoms with van der Waals surface area (Å²) in [5.41, 5.74) is 5.06. The van der Waals surface area contributed by atoms with E-state index in [0.29, 0.717) is 22.9 Å². The van der Waals surface area contributed by atoms with Crippen molar-refractivity contribution in [3.8, 4) is 11.5 Å². The zero-order valence-electron chi connectivity index (χ0n) is 15.4. The lowest BCUT2D eigenvalue weighted by Gasteiger charge is -2.14. The molecule has 1 aromatic carbocycles. The van der Waals surface area contributed by atoms with E-state index in [4.69, 9.17) is 9.47 Å². The fraction of sp³-hybridized carbons (Fsp3) is 0.389. The quantitative estimate of drug-likeness (QED) is 0.645. The first-order valence-corrected chi connectivity index (χ1v) is 7.89. The summed E-state index contributed by atoms with van der Waals surface area (Å²) in [5.74, 6) is 0.865. The Morgan fingerprint density at radius 2 is 1.84 bits per heavy atom. The molecule has 7 heteroatoms. The third kappa shape index (κ3) is 4.37. The number of H-pyrrole nitrogens is 1. The molecule has 2 rings (SSSR count). The molecule has 1 aromatic heterocycles. The van der Waals surface area contributed by atoms with Crippen molar-refractivity contribution in [2.75, 3.05) is 14.2 Å². The van der Waals surface area contributed by atoms with Gasteiger partial charge in [0.2, 0.25) is 0 Å². The number of nitrogens with zero attached hydrogens (tertiary/aromatic N) is 2. The van der Waals surface area contributed by atoms with Crippen LogP contribution in [0.3, 0.4) is 0 Å². The average Bonchev–Trinajstić information content (AvgIpc) is 3.09. The fourth-order valence-electron chi connectivity index (χ4n) is 2.14. The Morgan fingerprint density at radius 1 is 1.16 bits per heavy atom. The van der Waals surface area contributed by atoms with Gasteiger partial charge in [0.15, 0.2) is 17.2 Å².